The van der Waals surface area contributed by atoms with Gasteiger partial charge in [-0.05, 0) is 18.2 Å². The lowest BCUT2D eigenvalue weighted by Crippen LogP contribution is -2.69. The molecule has 0 spiro atoms. The van der Waals surface area contributed by atoms with Crippen molar-refractivity contribution in [3.05, 3.63) is 30.3 Å². The van der Waals surface area contributed by atoms with Crippen molar-refractivity contribution in [1.82, 2.24) is 14.9 Å². The summed E-state index contributed by atoms with van der Waals surface area (Å²) in [6.07, 6.45) is 1.50. The van der Waals surface area contributed by atoms with E-state index in [-0.39, 0.29) is 12.4 Å². The van der Waals surface area contributed by atoms with E-state index in [1.54, 1.807) is 6.07 Å². The monoisotopic (exact) mass is 318 g/mol. The lowest BCUT2D eigenvalue weighted by Gasteiger charge is -2.52. The molecule has 0 aliphatic carbocycles. The van der Waals surface area contributed by atoms with Crippen LogP contribution >= 0.6 is 0 Å². The van der Waals surface area contributed by atoms with Gasteiger partial charge in [-0.2, -0.15) is 0 Å². The number of hydrogen-bond acceptors (Lipinski definition) is 6. The molecular weight excluding hydrogens is 299 g/mol. The maximum absolute atomic E-state index is 13.7. The number of fused-ring (bicyclic) bond motifs is 2. The number of rotatable bonds is 2. The Morgan fingerprint density at radius 3 is 3.04 bits per heavy atom. The Hall–Kier alpha value is -1.83. The Balaban J connectivity index is 1.72. The van der Waals surface area contributed by atoms with Gasteiger partial charge in [-0.15, -0.1) is 0 Å². The lowest BCUT2D eigenvalue weighted by atomic mass is 9.94. The van der Waals surface area contributed by atoms with Crippen LogP contribution in [0.25, 0.3) is 10.9 Å². The second-order valence-electron chi connectivity index (χ2n) is 6.20. The molecule has 2 aromatic rings. The largest absolute Gasteiger partial charge is 0.394 e. The summed E-state index contributed by atoms with van der Waals surface area (Å²) in [6, 6.07) is 4.54. The minimum atomic E-state index is -0.416. The molecule has 6 nitrogen and oxygen atoms in total. The molecule has 0 saturated carbocycles. The number of nitrogens with zero attached hydrogens (tertiary/aromatic N) is 4. The Morgan fingerprint density at radius 2 is 2.17 bits per heavy atom. The third-order valence-electron chi connectivity index (χ3n) is 4.84. The van der Waals surface area contributed by atoms with Gasteiger partial charge in [0.15, 0.2) is 0 Å². The Morgan fingerprint density at radius 1 is 1.26 bits per heavy atom. The molecule has 4 rings (SSSR count). The summed E-state index contributed by atoms with van der Waals surface area (Å²) in [7, 11) is 0. The molecule has 1 atom stereocenters. The van der Waals surface area contributed by atoms with Crippen LogP contribution in [-0.2, 0) is 4.74 Å². The van der Waals surface area contributed by atoms with Crippen molar-refractivity contribution < 1.29 is 14.2 Å². The van der Waals surface area contributed by atoms with Gasteiger partial charge in [0.1, 0.15) is 18.0 Å². The summed E-state index contributed by atoms with van der Waals surface area (Å²) in [5.41, 5.74) is 0.304. The van der Waals surface area contributed by atoms with Crippen molar-refractivity contribution in [3.63, 3.8) is 0 Å². The van der Waals surface area contributed by atoms with E-state index in [2.05, 4.69) is 19.8 Å². The molecule has 2 aliphatic heterocycles. The summed E-state index contributed by atoms with van der Waals surface area (Å²) in [6.45, 7) is 4.26. The van der Waals surface area contributed by atoms with Crippen LogP contribution in [0.3, 0.4) is 0 Å². The first-order chi connectivity index (χ1) is 11.2. The number of ether oxygens (including phenoxy) is 1. The van der Waals surface area contributed by atoms with Crippen LogP contribution in [0.1, 0.15) is 0 Å². The second kappa shape index (κ2) is 5.67. The molecule has 2 aliphatic rings. The minimum absolute atomic E-state index is 0.0286. The molecule has 122 valence electrons. The van der Waals surface area contributed by atoms with Crippen molar-refractivity contribution in [2.45, 2.75) is 5.54 Å². The van der Waals surface area contributed by atoms with E-state index in [1.165, 1.54) is 18.5 Å². The average Bonchev–Trinajstić information content (AvgIpc) is 2.60. The fourth-order valence-electron chi connectivity index (χ4n) is 3.58. The Bertz CT molecular complexity index is 728. The third kappa shape index (κ3) is 2.45. The Labute approximate surface area is 133 Å². The highest BCUT2D eigenvalue weighted by atomic mass is 19.1. The van der Waals surface area contributed by atoms with E-state index in [9.17, 15) is 9.50 Å². The maximum atomic E-state index is 13.7. The normalized spacial score (nSPS) is 25.6. The first kappa shape index (κ1) is 14.7. The number of anilines is 1. The van der Waals surface area contributed by atoms with Gasteiger partial charge in [0.2, 0.25) is 0 Å². The summed E-state index contributed by atoms with van der Waals surface area (Å²) in [5, 5.41) is 10.7. The smallest absolute Gasteiger partial charge is 0.140 e. The quantitative estimate of drug-likeness (QED) is 0.877. The van der Waals surface area contributed by atoms with E-state index < -0.39 is 5.54 Å². The molecule has 7 heteroatoms. The van der Waals surface area contributed by atoms with E-state index in [0.29, 0.717) is 31.0 Å². The van der Waals surface area contributed by atoms with E-state index in [0.717, 1.165) is 25.2 Å². The molecule has 0 amide bonds. The molecule has 2 fully saturated rings. The van der Waals surface area contributed by atoms with Gasteiger partial charge < -0.3 is 14.7 Å². The second-order valence-corrected chi connectivity index (χ2v) is 6.20. The van der Waals surface area contributed by atoms with E-state index in [1.807, 2.05) is 0 Å². The highest BCUT2D eigenvalue weighted by molar-refractivity contribution is 5.89. The standard InChI is InChI=1S/C16H19FN4O2/c17-12-1-2-14-13(7-12)15(19-11-18-14)20-3-4-21-5-6-23-10-16(21,8-20)9-22/h1-2,7,11,22H,3-6,8-10H2. The van der Waals surface area contributed by atoms with Crippen LogP contribution in [0.15, 0.2) is 24.5 Å². The number of halogens is 1. The molecule has 1 N–H and O–H groups in total. The number of piperazine rings is 1. The zero-order valence-electron chi connectivity index (χ0n) is 12.8. The van der Waals surface area contributed by atoms with Crippen LogP contribution in [0.5, 0.6) is 0 Å². The highest BCUT2D eigenvalue weighted by Crippen LogP contribution is 2.30. The number of morpholine rings is 1. The third-order valence-corrected chi connectivity index (χ3v) is 4.84. The fourth-order valence-corrected chi connectivity index (χ4v) is 3.58. The first-order valence-electron chi connectivity index (χ1n) is 7.81. The summed E-state index contributed by atoms with van der Waals surface area (Å²) < 4.78 is 19.3. The minimum Gasteiger partial charge on any atom is -0.394 e. The molecule has 3 heterocycles. The van der Waals surface area contributed by atoms with Crippen molar-refractivity contribution in [1.29, 1.82) is 0 Å². The van der Waals surface area contributed by atoms with Crippen LogP contribution < -0.4 is 4.90 Å². The Kier molecular flexibility index (Phi) is 3.63. The van der Waals surface area contributed by atoms with Crippen molar-refractivity contribution >= 4 is 16.7 Å². The van der Waals surface area contributed by atoms with Gasteiger partial charge in [0.05, 0.1) is 30.9 Å². The molecule has 1 aromatic carbocycles. The van der Waals surface area contributed by atoms with Crippen molar-refractivity contribution in [2.24, 2.45) is 0 Å². The number of aliphatic hydroxyl groups is 1. The SMILES string of the molecule is OCC12COCCN1CCN(c1ncnc3ccc(F)cc13)C2. The molecule has 23 heavy (non-hydrogen) atoms. The van der Waals surface area contributed by atoms with Gasteiger partial charge >= 0.3 is 0 Å². The first-order valence-corrected chi connectivity index (χ1v) is 7.81. The van der Waals surface area contributed by atoms with Crippen LogP contribution in [0.2, 0.25) is 0 Å². The maximum Gasteiger partial charge on any atom is 0.140 e. The highest BCUT2D eigenvalue weighted by Gasteiger charge is 2.44. The van der Waals surface area contributed by atoms with E-state index in [4.69, 9.17) is 4.74 Å². The fraction of sp³-hybridized carbons (Fsp3) is 0.500. The molecule has 1 aromatic heterocycles. The number of aliphatic hydroxyl groups excluding tert-OH is 1. The van der Waals surface area contributed by atoms with Gasteiger partial charge in [-0.25, -0.2) is 14.4 Å². The van der Waals surface area contributed by atoms with Gasteiger partial charge in [-0.3, -0.25) is 4.90 Å². The molecule has 0 bridgehead atoms. The zero-order valence-corrected chi connectivity index (χ0v) is 12.8. The van der Waals surface area contributed by atoms with Crippen LogP contribution in [-0.4, -0.2) is 71.5 Å². The predicted octanol–water partition coefficient (Wildman–Crippen LogP) is 0.652. The summed E-state index contributed by atoms with van der Waals surface area (Å²) in [5.74, 6) is 0.414. The summed E-state index contributed by atoms with van der Waals surface area (Å²) in [4.78, 5) is 13.0. The number of hydrogen-bond donors (Lipinski definition) is 1. The topological polar surface area (TPSA) is 61.7 Å². The van der Waals surface area contributed by atoms with Crippen molar-refractivity contribution in [3.8, 4) is 0 Å². The van der Waals surface area contributed by atoms with E-state index >= 15 is 0 Å². The zero-order chi connectivity index (χ0) is 15.9. The number of benzene rings is 1. The number of aromatic nitrogens is 2. The van der Waals surface area contributed by atoms with Gasteiger partial charge in [-0.1, -0.05) is 0 Å². The molecule has 0 radical (unpaired) electrons. The molecular formula is C16H19FN4O2. The average molecular weight is 318 g/mol. The van der Waals surface area contributed by atoms with Gasteiger partial charge in [0, 0.05) is 31.6 Å². The lowest BCUT2D eigenvalue weighted by molar-refractivity contribution is -0.0951. The summed E-state index contributed by atoms with van der Waals surface area (Å²) >= 11 is 0. The molecule has 2 saturated heterocycles. The van der Waals surface area contributed by atoms with Crippen molar-refractivity contribution in [2.75, 3.05) is 50.9 Å². The predicted molar refractivity (Wildman–Crippen MR) is 83.9 cm³/mol. The van der Waals surface area contributed by atoms with Gasteiger partial charge in [0.25, 0.3) is 0 Å². The molecule has 1 unspecified atom stereocenters. The van der Waals surface area contributed by atoms with Crippen LogP contribution in [0.4, 0.5) is 10.2 Å². The van der Waals surface area contributed by atoms with Crippen LogP contribution in [0, 0.1) is 5.82 Å².